The molecule has 0 bridgehead atoms. The fourth-order valence-electron chi connectivity index (χ4n) is 2.60. The molecule has 1 aromatic carbocycles. The molecule has 23 heavy (non-hydrogen) atoms. The van der Waals surface area contributed by atoms with Gasteiger partial charge in [0.2, 0.25) is 10.0 Å². The molecule has 0 fully saturated rings. The Kier molecular flexibility index (Phi) is 3.16. The molecule has 0 saturated carbocycles. The van der Waals surface area contributed by atoms with E-state index in [4.69, 9.17) is 0 Å². The van der Waals surface area contributed by atoms with E-state index in [1.807, 2.05) is 42.5 Å². The summed E-state index contributed by atoms with van der Waals surface area (Å²) in [7, 11) is -3.29. The van der Waals surface area contributed by atoms with Crippen LogP contribution in [-0.2, 0) is 16.6 Å². The van der Waals surface area contributed by atoms with Crippen LogP contribution in [0.5, 0.6) is 0 Å². The van der Waals surface area contributed by atoms with Crippen LogP contribution in [0.3, 0.4) is 0 Å². The number of aromatic nitrogens is 3. The molecule has 3 heterocycles. The second-order valence-corrected chi connectivity index (χ2v) is 7.20. The molecule has 1 aliphatic rings. The minimum atomic E-state index is -3.29. The molecule has 0 aliphatic carbocycles. The number of aryl methyl sites for hydroxylation is 1. The Balaban J connectivity index is 1.72. The molecular weight excluding hydrogens is 312 g/mol. The lowest BCUT2D eigenvalue weighted by Gasteiger charge is -2.17. The third-order valence-corrected chi connectivity index (χ3v) is 5.03. The normalized spacial score (nSPS) is 15.7. The van der Waals surface area contributed by atoms with Gasteiger partial charge >= 0.3 is 0 Å². The lowest BCUT2D eigenvalue weighted by Crippen LogP contribution is -2.27. The van der Waals surface area contributed by atoms with Gasteiger partial charge < -0.3 is 4.57 Å². The van der Waals surface area contributed by atoms with Crippen molar-refractivity contribution < 1.29 is 8.42 Å². The number of anilines is 1. The van der Waals surface area contributed by atoms with Crippen molar-refractivity contribution in [1.29, 1.82) is 0 Å². The van der Waals surface area contributed by atoms with E-state index in [9.17, 15) is 8.42 Å². The summed E-state index contributed by atoms with van der Waals surface area (Å²) < 4.78 is 27.9. The van der Waals surface area contributed by atoms with Gasteiger partial charge in [-0.05, 0) is 11.6 Å². The number of nitrogens with one attached hydrogen (secondary N) is 1. The number of sulfonamides is 1. The monoisotopic (exact) mass is 326 g/mol. The number of nitrogens with zero attached hydrogens (tertiary/aromatic N) is 3. The highest BCUT2D eigenvalue weighted by Gasteiger charge is 2.24. The second kappa shape index (κ2) is 5.20. The lowest BCUT2D eigenvalue weighted by molar-refractivity contribution is 0.588. The average Bonchev–Trinajstić information content (AvgIpc) is 2.97. The van der Waals surface area contributed by atoms with Crippen LogP contribution >= 0.6 is 0 Å². The van der Waals surface area contributed by atoms with E-state index >= 15 is 0 Å². The fraction of sp³-hybridized carbons (Fsp3) is 0.125. The molecule has 0 atom stereocenters. The molecule has 0 unspecified atom stereocenters. The molecule has 2 aromatic heterocycles. The Morgan fingerprint density at radius 3 is 2.57 bits per heavy atom. The summed E-state index contributed by atoms with van der Waals surface area (Å²) in [5.41, 5.74) is 3.28. The summed E-state index contributed by atoms with van der Waals surface area (Å²) in [6.45, 7) is 0.403. The average molecular weight is 326 g/mol. The van der Waals surface area contributed by atoms with Crippen LogP contribution in [-0.4, -0.2) is 28.7 Å². The van der Waals surface area contributed by atoms with Crippen LogP contribution in [0, 0.1) is 0 Å². The van der Waals surface area contributed by atoms with Gasteiger partial charge in [-0.1, -0.05) is 36.4 Å². The maximum atomic E-state index is 11.8. The Labute approximate surface area is 133 Å². The van der Waals surface area contributed by atoms with E-state index in [1.54, 1.807) is 17.1 Å². The minimum Gasteiger partial charge on any atom is -0.315 e. The van der Waals surface area contributed by atoms with Crippen LogP contribution < -0.4 is 4.72 Å². The van der Waals surface area contributed by atoms with Gasteiger partial charge in [-0.2, -0.15) is 0 Å². The van der Waals surface area contributed by atoms with Gasteiger partial charge in [-0.15, -0.1) is 0 Å². The predicted molar refractivity (Wildman–Crippen MR) is 88.3 cm³/mol. The molecule has 4 rings (SSSR count). The summed E-state index contributed by atoms with van der Waals surface area (Å²) in [5, 5.41) is 0. The summed E-state index contributed by atoms with van der Waals surface area (Å²) >= 11 is 0. The van der Waals surface area contributed by atoms with Crippen molar-refractivity contribution in [3.63, 3.8) is 0 Å². The van der Waals surface area contributed by atoms with Gasteiger partial charge in [0.25, 0.3) is 0 Å². The number of hydrogen-bond acceptors (Lipinski definition) is 4. The third kappa shape index (κ3) is 2.59. The Bertz CT molecular complexity index is 948. The van der Waals surface area contributed by atoms with Gasteiger partial charge in [-0.3, -0.25) is 9.71 Å². The van der Waals surface area contributed by atoms with Gasteiger partial charge in [-0.25, -0.2) is 13.4 Å². The summed E-state index contributed by atoms with van der Waals surface area (Å²) in [5.74, 6) is 0.548. The zero-order valence-corrected chi connectivity index (χ0v) is 13.0. The highest BCUT2D eigenvalue weighted by molar-refractivity contribution is 7.92. The van der Waals surface area contributed by atoms with Crippen LogP contribution in [0.1, 0.15) is 0 Å². The smallest absolute Gasteiger partial charge is 0.235 e. The highest BCUT2D eigenvalue weighted by atomic mass is 32.2. The zero-order chi connectivity index (χ0) is 15.9. The first-order valence-electron chi connectivity index (χ1n) is 7.20. The molecule has 116 valence electrons. The van der Waals surface area contributed by atoms with E-state index in [-0.39, 0.29) is 5.75 Å². The maximum absolute atomic E-state index is 11.8. The van der Waals surface area contributed by atoms with Gasteiger partial charge in [0.1, 0.15) is 11.5 Å². The predicted octanol–water partition coefficient (Wildman–Crippen LogP) is 2.37. The van der Waals surface area contributed by atoms with E-state index in [0.29, 0.717) is 23.8 Å². The van der Waals surface area contributed by atoms with Gasteiger partial charge in [0.05, 0.1) is 17.8 Å². The molecule has 0 radical (unpaired) electrons. The van der Waals surface area contributed by atoms with Crippen molar-refractivity contribution in [2.24, 2.45) is 0 Å². The number of benzene rings is 1. The van der Waals surface area contributed by atoms with Crippen molar-refractivity contribution in [3.05, 3.63) is 55.0 Å². The first-order valence-corrected chi connectivity index (χ1v) is 8.85. The molecule has 1 N–H and O–H groups in total. The Morgan fingerprint density at radius 2 is 1.83 bits per heavy atom. The molecule has 1 aliphatic heterocycles. The topological polar surface area (TPSA) is 76.9 Å². The summed E-state index contributed by atoms with van der Waals surface area (Å²) in [4.78, 5) is 8.75. The summed E-state index contributed by atoms with van der Waals surface area (Å²) in [6.07, 6.45) is 3.41. The standard InChI is InChI=1S/C16H14N4O2S/c21-23(22)9-8-20-11-18-15(16(20)19-23)14-7-6-13(10-17-14)12-4-2-1-3-5-12/h1-7,10-11,19H,8-9H2. The molecule has 6 nitrogen and oxygen atoms in total. The second-order valence-electron chi connectivity index (χ2n) is 5.35. The van der Waals surface area contributed by atoms with Gasteiger partial charge in [0.15, 0.2) is 0 Å². The van der Waals surface area contributed by atoms with Crippen LogP contribution in [0.4, 0.5) is 5.82 Å². The third-order valence-electron chi connectivity index (χ3n) is 3.80. The SMILES string of the molecule is O=S1(=O)CCn2cnc(-c3ccc(-c4ccccc4)cn3)c2N1. The zero-order valence-electron chi connectivity index (χ0n) is 12.2. The van der Waals surface area contributed by atoms with E-state index < -0.39 is 10.0 Å². The Morgan fingerprint density at radius 1 is 1.00 bits per heavy atom. The van der Waals surface area contributed by atoms with Crippen molar-refractivity contribution in [2.45, 2.75) is 6.54 Å². The molecular formula is C16H14N4O2S. The van der Waals surface area contributed by atoms with E-state index in [0.717, 1.165) is 11.1 Å². The summed E-state index contributed by atoms with van der Waals surface area (Å²) in [6, 6.07) is 13.8. The first-order chi connectivity index (χ1) is 11.1. The fourth-order valence-corrected chi connectivity index (χ4v) is 3.65. The number of fused-ring (bicyclic) bond motifs is 1. The van der Waals surface area contributed by atoms with Crippen LogP contribution in [0.2, 0.25) is 0 Å². The molecule has 0 amide bonds. The minimum absolute atomic E-state index is 0.0656. The van der Waals surface area contributed by atoms with Gasteiger partial charge in [0, 0.05) is 18.3 Å². The number of rotatable bonds is 2. The molecule has 0 spiro atoms. The number of imidazole rings is 1. The number of hydrogen-bond donors (Lipinski definition) is 1. The van der Waals surface area contributed by atoms with Crippen molar-refractivity contribution >= 4 is 15.8 Å². The first kappa shape index (κ1) is 14.0. The largest absolute Gasteiger partial charge is 0.315 e. The van der Waals surface area contributed by atoms with Crippen molar-refractivity contribution in [3.8, 4) is 22.5 Å². The molecule has 0 saturated heterocycles. The maximum Gasteiger partial charge on any atom is 0.235 e. The molecule has 3 aromatic rings. The van der Waals surface area contributed by atoms with Crippen molar-refractivity contribution in [2.75, 3.05) is 10.5 Å². The van der Waals surface area contributed by atoms with E-state index in [1.165, 1.54) is 0 Å². The highest BCUT2D eigenvalue weighted by Crippen LogP contribution is 2.29. The quantitative estimate of drug-likeness (QED) is 0.784. The van der Waals surface area contributed by atoms with Crippen LogP contribution in [0.25, 0.3) is 22.5 Å². The Hall–Kier alpha value is -2.67. The molecule has 7 heteroatoms. The number of pyridine rings is 1. The lowest BCUT2D eigenvalue weighted by atomic mass is 10.1. The van der Waals surface area contributed by atoms with E-state index in [2.05, 4.69) is 14.7 Å². The van der Waals surface area contributed by atoms with Crippen molar-refractivity contribution in [1.82, 2.24) is 14.5 Å². The van der Waals surface area contributed by atoms with Crippen LogP contribution in [0.15, 0.2) is 55.0 Å².